The first-order chi connectivity index (χ1) is 14.1. The molecule has 10 heteroatoms. The molecule has 1 N–H and O–H groups in total. The van der Waals surface area contributed by atoms with Crippen molar-refractivity contribution >= 4 is 41.5 Å². The van der Waals surface area contributed by atoms with Gasteiger partial charge in [0.15, 0.2) is 17.5 Å². The van der Waals surface area contributed by atoms with Crippen LogP contribution in [0.2, 0.25) is 5.02 Å². The van der Waals surface area contributed by atoms with Crippen molar-refractivity contribution in [2.24, 2.45) is 12.0 Å². The smallest absolute Gasteiger partial charge is 0.194 e. The molecule has 2 aliphatic rings. The van der Waals surface area contributed by atoms with E-state index in [4.69, 9.17) is 30.8 Å². The van der Waals surface area contributed by atoms with Crippen LogP contribution in [0.25, 0.3) is 0 Å². The molecular formula is C20H27ClIN5O3. The van der Waals surface area contributed by atoms with E-state index in [2.05, 4.69) is 22.2 Å². The summed E-state index contributed by atoms with van der Waals surface area (Å²) in [5, 5.41) is 8.20. The third-order valence-electron chi connectivity index (χ3n) is 4.87. The monoisotopic (exact) mass is 547 g/mol. The third-order valence-corrected chi connectivity index (χ3v) is 5.15. The molecule has 0 spiro atoms. The van der Waals surface area contributed by atoms with E-state index in [1.165, 1.54) is 0 Å². The van der Waals surface area contributed by atoms with Crippen molar-refractivity contribution in [3.8, 4) is 11.5 Å². The van der Waals surface area contributed by atoms with Crippen LogP contribution in [0, 0.1) is 0 Å². The fraction of sp³-hybridized carbons (Fsp3) is 0.500. The van der Waals surface area contributed by atoms with Crippen molar-refractivity contribution in [1.82, 2.24) is 20.0 Å². The molecule has 1 fully saturated rings. The highest BCUT2D eigenvalue weighted by atomic mass is 127. The number of nitrogens with zero attached hydrogens (tertiary/aromatic N) is 4. The Labute approximate surface area is 198 Å². The van der Waals surface area contributed by atoms with Gasteiger partial charge >= 0.3 is 0 Å². The van der Waals surface area contributed by atoms with Crippen LogP contribution in [-0.4, -0.2) is 60.1 Å². The van der Waals surface area contributed by atoms with Crippen LogP contribution >= 0.6 is 35.6 Å². The lowest BCUT2D eigenvalue weighted by Gasteiger charge is -2.34. The van der Waals surface area contributed by atoms with Crippen LogP contribution in [0.5, 0.6) is 11.5 Å². The highest BCUT2D eigenvalue weighted by molar-refractivity contribution is 14.0. The summed E-state index contributed by atoms with van der Waals surface area (Å²) in [5.41, 5.74) is 2.05. The lowest BCUT2D eigenvalue weighted by molar-refractivity contribution is -0.00805. The Bertz CT molecular complexity index is 891. The largest absolute Gasteiger partial charge is 0.486 e. The molecule has 4 rings (SSSR count). The van der Waals surface area contributed by atoms with Crippen molar-refractivity contribution in [1.29, 1.82) is 0 Å². The van der Waals surface area contributed by atoms with Gasteiger partial charge in [0.25, 0.3) is 0 Å². The molecule has 0 amide bonds. The first-order valence-electron chi connectivity index (χ1n) is 9.85. The van der Waals surface area contributed by atoms with E-state index in [1.54, 1.807) is 4.68 Å². The number of rotatable bonds is 4. The molecule has 0 saturated carbocycles. The molecule has 0 aliphatic carbocycles. The molecular weight excluding hydrogens is 521 g/mol. The van der Waals surface area contributed by atoms with Gasteiger partial charge in [0.1, 0.15) is 19.3 Å². The number of fused-ring (bicyclic) bond motifs is 1. The molecule has 2 aromatic rings. The summed E-state index contributed by atoms with van der Waals surface area (Å²) in [6.07, 6.45) is 3.83. The fourth-order valence-electron chi connectivity index (χ4n) is 3.50. The predicted molar refractivity (Wildman–Crippen MR) is 126 cm³/mol. The van der Waals surface area contributed by atoms with Crippen molar-refractivity contribution in [2.45, 2.75) is 19.6 Å². The summed E-state index contributed by atoms with van der Waals surface area (Å²) in [4.78, 5) is 7.06. The Morgan fingerprint density at radius 2 is 2.13 bits per heavy atom. The van der Waals surface area contributed by atoms with Crippen LogP contribution in [0.1, 0.15) is 24.2 Å². The van der Waals surface area contributed by atoms with E-state index in [0.29, 0.717) is 42.9 Å². The Morgan fingerprint density at radius 3 is 2.90 bits per heavy atom. The summed E-state index contributed by atoms with van der Waals surface area (Å²) < 4.78 is 19.0. The zero-order chi connectivity index (χ0) is 20.2. The number of aliphatic imine (C=N–C) groups is 1. The molecule has 0 bridgehead atoms. The van der Waals surface area contributed by atoms with E-state index < -0.39 is 0 Å². The summed E-state index contributed by atoms with van der Waals surface area (Å²) in [5.74, 6) is 2.16. The van der Waals surface area contributed by atoms with Crippen LogP contribution in [0.3, 0.4) is 0 Å². The molecule has 1 atom stereocenters. The van der Waals surface area contributed by atoms with Crippen LogP contribution < -0.4 is 14.8 Å². The van der Waals surface area contributed by atoms with Crippen molar-refractivity contribution in [2.75, 3.05) is 39.5 Å². The Morgan fingerprint density at radius 1 is 1.30 bits per heavy atom. The van der Waals surface area contributed by atoms with Crippen molar-refractivity contribution in [3.05, 3.63) is 40.7 Å². The minimum absolute atomic E-state index is 0. The molecule has 1 aromatic carbocycles. The quantitative estimate of drug-likeness (QED) is 0.361. The van der Waals surface area contributed by atoms with E-state index >= 15 is 0 Å². The standard InChI is InChI=1S/C20H26ClN5O3.HI/c1-3-22-20(26-4-5-27-18(13-26)15-11-24-25(2)12-15)23-10-14-8-16(21)19-17(9-14)28-6-7-29-19;/h8-9,11-12,18H,3-7,10,13H2,1-2H3,(H,22,23);1H. The number of guanidine groups is 1. The van der Waals surface area contributed by atoms with Gasteiger partial charge in [-0.3, -0.25) is 4.68 Å². The van der Waals surface area contributed by atoms with Crippen LogP contribution in [0.15, 0.2) is 29.5 Å². The van der Waals surface area contributed by atoms with E-state index in [-0.39, 0.29) is 30.1 Å². The molecule has 8 nitrogen and oxygen atoms in total. The average molecular weight is 548 g/mol. The average Bonchev–Trinajstić information content (AvgIpc) is 3.18. The molecule has 1 aromatic heterocycles. The lowest BCUT2D eigenvalue weighted by atomic mass is 10.1. The van der Waals surface area contributed by atoms with Gasteiger partial charge in [-0.1, -0.05) is 11.6 Å². The molecule has 1 saturated heterocycles. The Kier molecular flexibility index (Phi) is 8.06. The van der Waals surface area contributed by atoms with Gasteiger partial charge in [-0.25, -0.2) is 4.99 Å². The number of ether oxygens (including phenoxy) is 3. The Balaban J connectivity index is 0.00000256. The number of benzene rings is 1. The molecule has 1 unspecified atom stereocenters. The number of hydrogen-bond acceptors (Lipinski definition) is 5. The van der Waals surface area contributed by atoms with E-state index in [9.17, 15) is 0 Å². The number of nitrogens with one attached hydrogen (secondary N) is 1. The van der Waals surface area contributed by atoms with Crippen LogP contribution in [-0.2, 0) is 18.3 Å². The highest BCUT2D eigenvalue weighted by Crippen LogP contribution is 2.38. The van der Waals surface area contributed by atoms with Crippen LogP contribution in [0.4, 0.5) is 0 Å². The number of halogens is 2. The number of morpholine rings is 1. The SMILES string of the molecule is CCNC(=NCc1cc(Cl)c2c(c1)OCCO2)N1CCOC(c2cnn(C)c2)C1.I. The van der Waals surface area contributed by atoms with Gasteiger partial charge in [-0.15, -0.1) is 24.0 Å². The normalized spacial score (nSPS) is 18.7. The van der Waals surface area contributed by atoms with Gasteiger partial charge in [-0.2, -0.15) is 5.10 Å². The second-order valence-corrected chi connectivity index (χ2v) is 7.43. The fourth-order valence-corrected chi connectivity index (χ4v) is 3.79. The Hall–Kier alpha value is -1.72. The number of aryl methyl sites for hydroxylation is 1. The van der Waals surface area contributed by atoms with Gasteiger partial charge in [0, 0.05) is 31.9 Å². The number of hydrogen-bond donors (Lipinski definition) is 1. The summed E-state index contributed by atoms with van der Waals surface area (Å²) >= 11 is 6.36. The molecule has 30 heavy (non-hydrogen) atoms. The maximum atomic E-state index is 6.36. The second kappa shape index (κ2) is 10.5. The highest BCUT2D eigenvalue weighted by Gasteiger charge is 2.25. The van der Waals surface area contributed by atoms with E-state index in [1.807, 2.05) is 31.6 Å². The summed E-state index contributed by atoms with van der Waals surface area (Å²) in [6.45, 7) is 6.54. The first kappa shape index (κ1) is 23.0. The maximum Gasteiger partial charge on any atom is 0.194 e. The van der Waals surface area contributed by atoms with Crippen molar-refractivity contribution < 1.29 is 14.2 Å². The zero-order valence-electron chi connectivity index (χ0n) is 17.1. The molecule has 2 aliphatic heterocycles. The molecule has 164 valence electrons. The van der Waals surface area contributed by atoms with Gasteiger partial charge in [0.05, 0.1) is 30.9 Å². The molecule has 3 heterocycles. The topological polar surface area (TPSA) is 73.1 Å². The summed E-state index contributed by atoms with van der Waals surface area (Å²) in [7, 11) is 1.91. The third kappa shape index (κ3) is 5.30. The van der Waals surface area contributed by atoms with Gasteiger partial charge < -0.3 is 24.4 Å². The maximum absolute atomic E-state index is 6.36. The molecule has 0 radical (unpaired) electrons. The van der Waals surface area contributed by atoms with E-state index in [0.717, 1.165) is 36.7 Å². The van der Waals surface area contributed by atoms with Gasteiger partial charge in [-0.05, 0) is 24.6 Å². The van der Waals surface area contributed by atoms with Gasteiger partial charge in [0.2, 0.25) is 0 Å². The lowest BCUT2D eigenvalue weighted by Crippen LogP contribution is -2.48. The zero-order valence-corrected chi connectivity index (χ0v) is 20.2. The summed E-state index contributed by atoms with van der Waals surface area (Å²) in [6, 6.07) is 3.84. The second-order valence-electron chi connectivity index (χ2n) is 7.02. The minimum Gasteiger partial charge on any atom is -0.486 e. The predicted octanol–water partition coefficient (Wildman–Crippen LogP) is 3.00. The van der Waals surface area contributed by atoms with Crippen molar-refractivity contribution in [3.63, 3.8) is 0 Å². The first-order valence-corrected chi connectivity index (χ1v) is 10.2. The number of aromatic nitrogens is 2. The minimum atomic E-state index is -0.0231.